The van der Waals surface area contributed by atoms with Gasteiger partial charge in [0.1, 0.15) is 0 Å². The highest BCUT2D eigenvalue weighted by molar-refractivity contribution is 5.80. The zero-order chi connectivity index (χ0) is 16.2. The number of benzene rings is 1. The highest BCUT2D eigenvalue weighted by Gasteiger charge is 2.37. The normalized spacial score (nSPS) is 19.4. The Morgan fingerprint density at radius 3 is 2.36 bits per heavy atom. The average Bonchev–Trinajstić information content (AvgIpc) is 2.47. The maximum atomic E-state index is 13.1. The highest BCUT2D eigenvalue weighted by atomic mass is 19.3. The Hall–Kier alpha value is -1.98. The van der Waals surface area contributed by atoms with Crippen molar-refractivity contribution < 1.29 is 23.5 Å². The molecule has 0 radical (unpaired) electrons. The molecule has 1 aliphatic carbocycles. The zero-order valence-corrected chi connectivity index (χ0v) is 12.1. The fourth-order valence-corrected chi connectivity index (χ4v) is 2.70. The summed E-state index contributed by atoms with van der Waals surface area (Å²) in [6.45, 7) is 0. The Kier molecular flexibility index (Phi) is 5.11. The summed E-state index contributed by atoms with van der Waals surface area (Å²) in [5.74, 6) is -4.52. The molecule has 1 aliphatic rings. The minimum atomic E-state index is -2.68. The molecule has 0 saturated heterocycles. The Balaban J connectivity index is 2.01. The molecule has 0 aromatic heterocycles. The van der Waals surface area contributed by atoms with Crippen LogP contribution in [-0.2, 0) is 9.59 Å². The molecule has 1 amide bonds. The number of alkyl halides is 2. The number of carboxylic acid groups (broad SMARTS) is 1. The molecule has 1 unspecified atom stereocenters. The molecular formula is C16H19F2NO3. The van der Waals surface area contributed by atoms with E-state index in [1.54, 1.807) is 30.3 Å². The summed E-state index contributed by atoms with van der Waals surface area (Å²) in [6.07, 6.45) is -0.556. The summed E-state index contributed by atoms with van der Waals surface area (Å²) >= 11 is 0. The largest absolute Gasteiger partial charge is 0.481 e. The number of carbonyl (C=O) groups excluding carboxylic acids is 1. The van der Waals surface area contributed by atoms with Gasteiger partial charge in [-0.15, -0.1) is 0 Å². The van der Waals surface area contributed by atoms with Crippen LogP contribution in [0.3, 0.4) is 0 Å². The molecule has 2 rings (SSSR count). The van der Waals surface area contributed by atoms with Crippen molar-refractivity contribution in [1.29, 1.82) is 0 Å². The standard InChI is InChI=1S/C16H19F2NO3/c17-16(18)8-6-12(7-9-16)15(22)19-13(10-14(20)21)11-4-2-1-3-5-11/h1-5,12-13H,6-10H2,(H,19,22)(H,20,21). The molecule has 0 heterocycles. The van der Waals surface area contributed by atoms with Crippen LogP contribution in [-0.4, -0.2) is 22.9 Å². The van der Waals surface area contributed by atoms with E-state index in [9.17, 15) is 18.4 Å². The van der Waals surface area contributed by atoms with Crippen molar-refractivity contribution in [3.05, 3.63) is 35.9 Å². The predicted molar refractivity (Wildman–Crippen MR) is 76.5 cm³/mol. The van der Waals surface area contributed by atoms with Crippen molar-refractivity contribution in [2.75, 3.05) is 0 Å². The number of halogens is 2. The molecule has 4 nitrogen and oxygen atoms in total. The maximum absolute atomic E-state index is 13.1. The Bertz CT molecular complexity index is 523. The van der Waals surface area contributed by atoms with Crippen molar-refractivity contribution in [3.8, 4) is 0 Å². The van der Waals surface area contributed by atoms with Gasteiger partial charge in [-0.3, -0.25) is 9.59 Å². The van der Waals surface area contributed by atoms with Crippen LogP contribution in [0.5, 0.6) is 0 Å². The predicted octanol–water partition coefficient (Wildman–Crippen LogP) is 3.14. The Labute approximate surface area is 127 Å². The summed E-state index contributed by atoms with van der Waals surface area (Å²) < 4.78 is 26.3. The molecular weight excluding hydrogens is 292 g/mol. The summed E-state index contributed by atoms with van der Waals surface area (Å²) in [5, 5.41) is 11.7. The number of nitrogens with one attached hydrogen (secondary N) is 1. The van der Waals surface area contributed by atoms with Gasteiger partial charge in [-0.05, 0) is 18.4 Å². The number of carbonyl (C=O) groups is 2. The van der Waals surface area contributed by atoms with E-state index < -0.39 is 23.9 Å². The van der Waals surface area contributed by atoms with E-state index in [1.807, 2.05) is 0 Å². The van der Waals surface area contributed by atoms with Crippen LogP contribution in [0.25, 0.3) is 0 Å². The van der Waals surface area contributed by atoms with Crippen LogP contribution in [0, 0.1) is 5.92 Å². The van der Waals surface area contributed by atoms with Gasteiger partial charge >= 0.3 is 5.97 Å². The Morgan fingerprint density at radius 1 is 1.23 bits per heavy atom. The van der Waals surface area contributed by atoms with Crippen LogP contribution in [0.15, 0.2) is 30.3 Å². The first-order valence-electron chi connectivity index (χ1n) is 7.32. The fraction of sp³-hybridized carbons (Fsp3) is 0.500. The first-order chi connectivity index (χ1) is 10.4. The first kappa shape index (κ1) is 16.4. The molecule has 1 aromatic carbocycles. The van der Waals surface area contributed by atoms with Crippen molar-refractivity contribution in [3.63, 3.8) is 0 Å². The zero-order valence-electron chi connectivity index (χ0n) is 12.1. The lowest BCUT2D eigenvalue weighted by Gasteiger charge is -2.29. The van der Waals surface area contributed by atoms with Gasteiger partial charge < -0.3 is 10.4 Å². The lowest BCUT2D eigenvalue weighted by Crippen LogP contribution is -2.38. The summed E-state index contributed by atoms with van der Waals surface area (Å²) in [6, 6.07) is 8.15. The average molecular weight is 311 g/mol. The number of rotatable bonds is 5. The topological polar surface area (TPSA) is 66.4 Å². The van der Waals surface area contributed by atoms with Gasteiger partial charge in [-0.25, -0.2) is 8.78 Å². The molecule has 1 aromatic rings. The van der Waals surface area contributed by atoms with Crippen LogP contribution in [0.1, 0.15) is 43.7 Å². The van der Waals surface area contributed by atoms with Crippen molar-refractivity contribution in [2.24, 2.45) is 5.92 Å². The van der Waals surface area contributed by atoms with Crippen LogP contribution >= 0.6 is 0 Å². The van der Waals surface area contributed by atoms with Gasteiger partial charge in [-0.2, -0.15) is 0 Å². The lowest BCUT2D eigenvalue weighted by atomic mass is 9.86. The van der Waals surface area contributed by atoms with Crippen molar-refractivity contribution in [1.82, 2.24) is 5.32 Å². The molecule has 22 heavy (non-hydrogen) atoms. The minimum absolute atomic E-state index is 0.132. The number of aliphatic carboxylic acids is 1. The quantitative estimate of drug-likeness (QED) is 0.878. The number of hydrogen-bond donors (Lipinski definition) is 2. The highest BCUT2D eigenvalue weighted by Crippen LogP contribution is 2.36. The maximum Gasteiger partial charge on any atom is 0.305 e. The molecule has 0 bridgehead atoms. The van der Waals surface area contributed by atoms with Crippen molar-refractivity contribution >= 4 is 11.9 Å². The summed E-state index contributed by atoms with van der Waals surface area (Å²) in [7, 11) is 0. The van der Waals surface area contributed by atoms with Gasteiger partial charge in [0, 0.05) is 18.8 Å². The van der Waals surface area contributed by atoms with Gasteiger partial charge in [0.05, 0.1) is 12.5 Å². The molecule has 1 atom stereocenters. The molecule has 2 N–H and O–H groups in total. The molecule has 0 spiro atoms. The molecule has 6 heteroatoms. The van der Waals surface area contributed by atoms with E-state index in [2.05, 4.69) is 5.32 Å². The second kappa shape index (κ2) is 6.85. The third kappa shape index (κ3) is 4.51. The third-order valence-corrected chi connectivity index (χ3v) is 3.99. The van der Waals surface area contributed by atoms with Crippen LogP contribution in [0.4, 0.5) is 8.78 Å². The monoisotopic (exact) mass is 311 g/mol. The molecule has 1 fully saturated rings. The van der Waals surface area contributed by atoms with Gasteiger partial charge in [0.2, 0.25) is 11.8 Å². The van der Waals surface area contributed by atoms with E-state index in [4.69, 9.17) is 5.11 Å². The summed E-state index contributed by atoms with van der Waals surface area (Å²) in [5.41, 5.74) is 0.694. The lowest BCUT2D eigenvalue weighted by molar-refractivity contribution is -0.138. The van der Waals surface area contributed by atoms with E-state index in [-0.39, 0.29) is 38.0 Å². The van der Waals surface area contributed by atoms with Gasteiger partial charge in [0.15, 0.2) is 0 Å². The Morgan fingerprint density at radius 2 is 1.82 bits per heavy atom. The molecule has 0 aliphatic heterocycles. The van der Waals surface area contributed by atoms with E-state index in [0.717, 1.165) is 0 Å². The van der Waals surface area contributed by atoms with Gasteiger partial charge in [0.25, 0.3) is 0 Å². The second-order valence-corrected chi connectivity index (χ2v) is 5.70. The molecule has 120 valence electrons. The number of carboxylic acids is 1. The first-order valence-corrected chi connectivity index (χ1v) is 7.32. The van der Waals surface area contributed by atoms with Gasteiger partial charge in [-0.1, -0.05) is 30.3 Å². The van der Waals surface area contributed by atoms with Crippen LogP contribution < -0.4 is 5.32 Å². The number of amides is 1. The number of hydrogen-bond acceptors (Lipinski definition) is 2. The third-order valence-electron chi connectivity index (χ3n) is 3.99. The molecule has 1 saturated carbocycles. The second-order valence-electron chi connectivity index (χ2n) is 5.70. The smallest absolute Gasteiger partial charge is 0.305 e. The van der Waals surface area contributed by atoms with Crippen molar-refractivity contribution in [2.45, 2.75) is 44.1 Å². The van der Waals surface area contributed by atoms with E-state index in [0.29, 0.717) is 5.56 Å². The SMILES string of the molecule is O=C(O)CC(NC(=O)C1CCC(F)(F)CC1)c1ccccc1. The van der Waals surface area contributed by atoms with E-state index >= 15 is 0 Å². The fourth-order valence-electron chi connectivity index (χ4n) is 2.70. The summed E-state index contributed by atoms with van der Waals surface area (Å²) in [4.78, 5) is 23.2. The van der Waals surface area contributed by atoms with E-state index in [1.165, 1.54) is 0 Å². The van der Waals surface area contributed by atoms with Crippen LogP contribution in [0.2, 0.25) is 0 Å². The minimum Gasteiger partial charge on any atom is -0.481 e.